The number of benzene rings is 2. The first-order valence-electron chi connectivity index (χ1n) is 7.09. The minimum atomic E-state index is 0.340. The molecule has 0 amide bonds. The summed E-state index contributed by atoms with van der Waals surface area (Å²) in [5.74, 6) is 0. The zero-order valence-corrected chi connectivity index (χ0v) is 13.2. The van der Waals surface area contributed by atoms with Crippen LogP contribution < -0.4 is 5.32 Å². The van der Waals surface area contributed by atoms with Crippen molar-refractivity contribution in [2.45, 2.75) is 32.7 Å². The molecule has 0 aliphatic rings. The minimum Gasteiger partial charge on any atom is -0.313 e. The van der Waals surface area contributed by atoms with Gasteiger partial charge in [-0.15, -0.1) is 0 Å². The van der Waals surface area contributed by atoms with Crippen molar-refractivity contribution in [3.8, 4) is 0 Å². The Morgan fingerprint density at radius 1 is 1.05 bits per heavy atom. The molecule has 0 spiro atoms. The predicted octanol–water partition coefficient (Wildman–Crippen LogP) is 4.85. The van der Waals surface area contributed by atoms with Crippen LogP contribution in [0.15, 0.2) is 42.5 Å². The highest BCUT2D eigenvalue weighted by Crippen LogP contribution is 2.24. The Labute approximate surface area is 127 Å². The summed E-state index contributed by atoms with van der Waals surface area (Å²) in [6.45, 7) is 4.21. The zero-order valence-electron chi connectivity index (χ0n) is 12.4. The van der Waals surface area contributed by atoms with Crippen molar-refractivity contribution in [2.75, 3.05) is 7.05 Å². The van der Waals surface area contributed by atoms with E-state index in [1.165, 1.54) is 16.7 Å². The maximum atomic E-state index is 6.23. The quantitative estimate of drug-likeness (QED) is 0.829. The molecule has 1 unspecified atom stereocenters. The molecule has 2 aromatic rings. The highest BCUT2D eigenvalue weighted by Gasteiger charge is 2.11. The molecule has 20 heavy (non-hydrogen) atoms. The number of hydrogen-bond donors (Lipinski definition) is 1. The van der Waals surface area contributed by atoms with Crippen LogP contribution in [0, 0.1) is 13.8 Å². The summed E-state index contributed by atoms with van der Waals surface area (Å²) in [7, 11) is 2.01. The van der Waals surface area contributed by atoms with Crippen LogP contribution in [-0.4, -0.2) is 7.05 Å². The van der Waals surface area contributed by atoms with E-state index in [1.54, 1.807) is 0 Å². The van der Waals surface area contributed by atoms with Gasteiger partial charge in [0.05, 0.1) is 0 Å². The number of halogens is 1. The maximum Gasteiger partial charge on any atom is 0.0438 e. The fourth-order valence-electron chi connectivity index (χ4n) is 2.49. The molecule has 2 rings (SSSR count). The smallest absolute Gasteiger partial charge is 0.0438 e. The summed E-state index contributed by atoms with van der Waals surface area (Å²) in [5.41, 5.74) is 5.18. The molecule has 0 saturated carbocycles. The lowest BCUT2D eigenvalue weighted by molar-refractivity contribution is 0.548. The van der Waals surface area contributed by atoms with E-state index in [0.29, 0.717) is 6.04 Å². The summed E-state index contributed by atoms with van der Waals surface area (Å²) in [6, 6.07) is 15.3. The Morgan fingerprint density at radius 2 is 1.80 bits per heavy atom. The Balaban J connectivity index is 2.09. The second-order valence-corrected chi connectivity index (χ2v) is 5.72. The van der Waals surface area contributed by atoms with Crippen LogP contribution in [0.1, 0.15) is 34.7 Å². The first-order chi connectivity index (χ1) is 9.61. The number of rotatable bonds is 5. The van der Waals surface area contributed by atoms with Gasteiger partial charge in [-0.25, -0.2) is 0 Å². The number of aryl methyl sites for hydroxylation is 3. The minimum absolute atomic E-state index is 0.340. The fraction of sp³-hybridized carbons (Fsp3) is 0.333. The van der Waals surface area contributed by atoms with E-state index < -0.39 is 0 Å². The van der Waals surface area contributed by atoms with Gasteiger partial charge in [0.25, 0.3) is 0 Å². The monoisotopic (exact) mass is 287 g/mol. The van der Waals surface area contributed by atoms with Gasteiger partial charge in [0.15, 0.2) is 0 Å². The third-order valence-corrected chi connectivity index (χ3v) is 4.32. The predicted molar refractivity (Wildman–Crippen MR) is 87.5 cm³/mol. The highest BCUT2D eigenvalue weighted by molar-refractivity contribution is 6.31. The molecule has 0 radical (unpaired) electrons. The van der Waals surface area contributed by atoms with Crippen molar-refractivity contribution in [2.24, 2.45) is 0 Å². The molecule has 1 nitrogen and oxygen atoms in total. The molecule has 106 valence electrons. The van der Waals surface area contributed by atoms with Gasteiger partial charge in [0.1, 0.15) is 0 Å². The summed E-state index contributed by atoms with van der Waals surface area (Å²) >= 11 is 6.23. The number of hydrogen-bond acceptors (Lipinski definition) is 1. The highest BCUT2D eigenvalue weighted by atomic mass is 35.5. The Kier molecular flexibility index (Phi) is 5.22. The maximum absolute atomic E-state index is 6.23. The van der Waals surface area contributed by atoms with E-state index >= 15 is 0 Å². The molecule has 0 heterocycles. The van der Waals surface area contributed by atoms with Crippen LogP contribution in [0.25, 0.3) is 0 Å². The van der Waals surface area contributed by atoms with Crippen molar-refractivity contribution < 1.29 is 0 Å². The molecule has 0 aliphatic carbocycles. The Morgan fingerprint density at radius 3 is 2.45 bits per heavy atom. The van der Waals surface area contributed by atoms with Crippen molar-refractivity contribution in [1.29, 1.82) is 0 Å². The van der Waals surface area contributed by atoms with Crippen molar-refractivity contribution in [3.05, 3.63) is 69.7 Å². The summed E-state index contributed by atoms with van der Waals surface area (Å²) in [5, 5.41) is 4.24. The molecule has 0 bridgehead atoms. The van der Waals surface area contributed by atoms with Crippen molar-refractivity contribution in [1.82, 2.24) is 5.32 Å². The van der Waals surface area contributed by atoms with Crippen LogP contribution >= 0.6 is 11.6 Å². The average Bonchev–Trinajstić information content (AvgIpc) is 2.45. The lowest BCUT2D eigenvalue weighted by Gasteiger charge is -2.18. The molecule has 0 fully saturated rings. The first-order valence-corrected chi connectivity index (χ1v) is 7.47. The van der Waals surface area contributed by atoms with E-state index in [2.05, 4.69) is 54.7 Å². The zero-order chi connectivity index (χ0) is 14.5. The average molecular weight is 288 g/mol. The number of nitrogens with one attached hydrogen (secondary N) is 1. The van der Waals surface area contributed by atoms with Crippen LogP contribution in [0.4, 0.5) is 0 Å². The molecular weight excluding hydrogens is 266 g/mol. The second kappa shape index (κ2) is 6.92. The fourth-order valence-corrected chi connectivity index (χ4v) is 2.68. The lowest BCUT2D eigenvalue weighted by atomic mass is 9.96. The van der Waals surface area contributed by atoms with Crippen LogP contribution in [-0.2, 0) is 6.42 Å². The summed E-state index contributed by atoms with van der Waals surface area (Å²) in [4.78, 5) is 0. The van der Waals surface area contributed by atoms with E-state index in [0.717, 1.165) is 23.4 Å². The molecule has 2 aromatic carbocycles. The van der Waals surface area contributed by atoms with Crippen molar-refractivity contribution in [3.63, 3.8) is 0 Å². The van der Waals surface area contributed by atoms with Gasteiger partial charge in [0, 0.05) is 11.1 Å². The molecule has 1 atom stereocenters. The van der Waals surface area contributed by atoms with Gasteiger partial charge in [-0.2, -0.15) is 0 Å². The summed E-state index contributed by atoms with van der Waals surface area (Å²) in [6.07, 6.45) is 2.14. The third kappa shape index (κ3) is 3.62. The third-order valence-electron chi connectivity index (χ3n) is 3.91. The van der Waals surface area contributed by atoms with Crippen LogP contribution in [0.3, 0.4) is 0 Å². The second-order valence-electron chi connectivity index (χ2n) is 5.32. The normalized spacial score (nSPS) is 12.4. The van der Waals surface area contributed by atoms with E-state index in [4.69, 9.17) is 11.6 Å². The standard InChI is InChI=1S/C18H22ClN/c1-13-6-4-5-7-15(13)10-11-18(20-3)16-9-8-14(2)17(19)12-16/h4-9,12,18,20H,10-11H2,1-3H3. The largest absolute Gasteiger partial charge is 0.313 e. The van der Waals surface area contributed by atoms with Crippen LogP contribution in [0.5, 0.6) is 0 Å². The lowest BCUT2D eigenvalue weighted by Crippen LogP contribution is -2.17. The first kappa shape index (κ1) is 15.1. The molecule has 0 aromatic heterocycles. The Bertz CT molecular complexity index is 577. The van der Waals surface area contributed by atoms with Crippen LogP contribution in [0.2, 0.25) is 5.02 Å². The SMILES string of the molecule is CNC(CCc1ccccc1C)c1ccc(C)c(Cl)c1. The van der Waals surface area contributed by atoms with E-state index in [9.17, 15) is 0 Å². The van der Waals surface area contributed by atoms with E-state index in [-0.39, 0.29) is 0 Å². The molecule has 0 aliphatic heterocycles. The topological polar surface area (TPSA) is 12.0 Å². The van der Waals surface area contributed by atoms with Gasteiger partial charge in [-0.1, -0.05) is 48.0 Å². The van der Waals surface area contributed by atoms with Gasteiger partial charge in [-0.05, 0) is 62.1 Å². The van der Waals surface area contributed by atoms with E-state index in [1.807, 2.05) is 14.0 Å². The van der Waals surface area contributed by atoms with Crippen molar-refractivity contribution >= 4 is 11.6 Å². The molecular formula is C18H22ClN. The Hall–Kier alpha value is -1.31. The molecule has 1 N–H and O–H groups in total. The summed E-state index contributed by atoms with van der Waals surface area (Å²) < 4.78 is 0. The van der Waals surface area contributed by atoms with Gasteiger partial charge >= 0.3 is 0 Å². The van der Waals surface area contributed by atoms with Gasteiger partial charge < -0.3 is 5.32 Å². The molecule has 2 heteroatoms. The van der Waals surface area contributed by atoms with Gasteiger partial charge in [0.2, 0.25) is 0 Å². The molecule has 0 saturated heterocycles. The van der Waals surface area contributed by atoms with Gasteiger partial charge in [-0.3, -0.25) is 0 Å².